The molecule has 0 radical (unpaired) electrons. The predicted molar refractivity (Wildman–Crippen MR) is 76.8 cm³/mol. The quantitative estimate of drug-likeness (QED) is 0.881. The van der Waals surface area contributed by atoms with Gasteiger partial charge >= 0.3 is 0 Å². The molecule has 0 bridgehead atoms. The van der Waals surface area contributed by atoms with Crippen molar-refractivity contribution in [3.8, 4) is 11.3 Å². The molecule has 5 heteroatoms. The van der Waals surface area contributed by atoms with E-state index in [1.807, 2.05) is 20.8 Å². The normalized spacial score (nSPS) is 11.4. The fraction of sp³-hybridized carbons (Fsp3) is 0.333. The van der Waals surface area contributed by atoms with Gasteiger partial charge in [-0.05, 0) is 19.1 Å². The first-order valence-electron chi connectivity index (χ1n) is 6.42. The average Bonchev–Trinajstić information content (AvgIpc) is 2.71. The Balaban J connectivity index is 2.44. The van der Waals surface area contributed by atoms with Crippen molar-refractivity contribution in [2.24, 2.45) is 5.41 Å². The summed E-state index contributed by atoms with van der Waals surface area (Å²) in [4.78, 5) is 12.1. The standard InChI is InChI=1S/C15H18FN3O/c1-9-12(17-14(20)15(2,3)4)13(19-18-9)10-7-5-6-8-11(10)16/h5-8H,1-4H3,(H,17,20)(H,18,19). The lowest BCUT2D eigenvalue weighted by Crippen LogP contribution is -2.28. The van der Waals surface area contributed by atoms with Gasteiger partial charge in [0.15, 0.2) is 0 Å². The predicted octanol–water partition coefficient (Wildman–Crippen LogP) is 3.51. The highest BCUT2D eigenvalue weighted by atomic mass is 19.1. The molecular weight excluding hydrogens is 257 g/mol. The number of hydrogen-bond acceptors (Lipinski definition) is 2. The molecule has 0 aliphatic carbocycles. The summed E-state index contributed by atoms with van der Waals surface area (Å²) >= 11 is 0. The van der Waals surface area contributed by atoms with E-state index in [1.165, 1.54) is 6.07 Å². The molecule has 2 rings (SSSR count). The molecule has 2 N–H and O–H groups in total. The second kappa shape index (κ2) is 5.07. The number of benzene rings is 1. The molecule has 0 unspecified atom stereocenters. The van der Waals surface area contributed by atoms with E-state index in [-0.39, 0.29) is 11.7 Å². The molecule has 1 heterocycles. The molecule has 1 aromatic heterocycles. The van der Waals surface area contributed by atoms with Gasteiger partial charge in [0.1, 0.15) is 11.5 Å². The molecule has 106 valence electrons. The summed E-state index contributed by atoms with van der Waals surface area (Å²) in [5.41, 5.74) is 1.46. The smallest absolute Gasteiger partial charge is 0.229 e. The fourth-order valence-corrected chi connectivity index (χ4v) is 1.73. The Bertz CT molecular complexity index is 641. The maximum atomic E-state index is 13.9. The zero-order chi connectivity index (χ0) is 14.9. The van der Waals surface area contributed by atoms with Crippen LogP contribution in [0.3, 0.4) is 0 Å². The van der Waals surface area contributed by atoms with Crippen LogP contribution >= 0.6 is 0 Å². The highest BCUT2D eigenvalue weighted by Gasteiger charge is 2.24. The largest absolute Gasteiger partial charge is 0.322 e. The summed E-state index contributed by atoms with van der Waals surface area (Å²) < 4.78 is 13.9. The van der Waals surface area contributed by atoms with E-state index in [2.05, 4.69) is 15.5 Å². The van der Waals surface area contributed by atoms with Gasteiger partial charge in [0.05, 0.1) is 11.4 Å². The van der Waals surface area contributed by atoms with Crippen molar-refractivity contribution in [2.45, 2.75) is 27.7 Å². The van der Waals surface area contributed by atoms with Crippen molar-refractivity contribution in [3.63, 3.8) is 0 Å². The molecule has 0 saturated carbocycles. The summed E-state index contributed by atoms with van der Waals surface area (Å²) in [7, 11) is 0. The zero-order valence-electron chi connectivity index (χ0n) is 12.0. The van der Waals surface area contributed by atoms with Crippen molar-refractivity contribution >= 4 is 11.6 Å². The van der Waals surface area contributed by atoms with E-state index >= 15 is 0 Å². The maximum Gasteiger partial charge on any atom is 0.229 e. The number of amides is 1. The lowest BCUT2D eigenvalue weighted by molar-refractivity contribution is -0.123. The Labute approximate surface area is 117 Å². The number of H-pyrrole nitrogens is 1. The van der Waals surface area contributed by atoms with Crippen LogP contribution in [0.5, 0.6) is 0 Å². The van der Waals surface area contributed by atoms with Crippen LogP contribution < -0.4 is 5.32 Å². The van der Waals surface area contributed by atoms with Gasteiger partial charge in [0, 0.05) is 11.0 Å². The van der Waals surface area contributed by atoms with E-state index in [9.17, 15) is 9.18 Å². The number of nitrogens with zero attached hydrogens (tertiary/aromatic N) is 1. The highest BCUT2D eigenvalue weighted by Crippen LogP contribution is 2.31. The topological polar surface area (TPSA) is 57.8 Å². The van der Waals surface area contributed by atoms with Crippen LogP contribution in [-0.4, -0.2) is 16.1 Å². The van der Waals surface area contributed by atoms with Gasteiger partial charge in [0.2, 0.25) is 5.91 Å². The summed E-state index contributed by atoms with van der Waals surface area (Å²) in [5, 5.41) is 9.72. The number of anilines is 1. The first kappa shape index (κ1) is 14.2. The Morgan fingerprint density at radius 1 is 1.30 bits per heavy atom. The molecule has 4 nitrogen and oxygen atoms in total. The van der Waals surface area contributed by atoms with E-state index in [1.54, 1.807) is 25.1 Å². The zero-order valence-corrected chi connectivity index (χ0v) is 12.0. The molecule has 0 aliphatic rings. The van der Waals surface area contributed by atoms with Gasteiger partial charge in [-0.25, -0.2) is 4.39 Å². The van der Waals surface area contributed by atoms with Gasteiger partial charge in [-0.1, -0.05) is 32.9 Å². The number of aromatic amines is 1. The lowest BCUT2D eigenvalue weighted by atomic mass is 9.95. The van der Waals surface area contributed by atoms with Crippen molar-refractivity contribution in [2.75, 3.05) is 5.32 Å². The van der Waals surface area contributed by atoms with Crippen LogP contribution in [0.25, 0.3) is 11.3 Å². The molecular formula is C15H18FN3O. The third-order valence-electron chi connectivity index (χ3n) is 3.00. The van der Waals surface area contributed by atoms with Crippen molar-refractivity contribution in [3.05, 3.63) is 35.8 Å². The number of carbonyl (C=O) groups is 1. The van der Waals surface area contributed by atoms with Crippen LogP contribution in [0.4, 0.5) is 10.1 Å². The highest BCUT2D eigenvalue weighted by molar-refractivity contribution is 5.98. The van der Waals surface area contributed by atoms with Gasteiger partial charge in [0.25, 0.3) is 0 Å². The van der Waals surface area contributed by atoms with E-state index in [0.29, 0.717) is 22.6 Å². The minimum Gasteiger partial charge on any atom is -0.322 e. The lowest BCUT2D eigenvalue weighted by Gasteiger charge is -2.18. The number of carbonyl (C=O) groups excluding carboxylic acids is 1. The first-order chi connectivity index (χ1) is 9.30. The van der Waals surface area contributed by atoms with Gasteiger partial charge in [-0.3, -0.25) is 9.89 Å². The van der Waals surface area contributed by atoms with E-state index < -0.39 is 5.41 Å². The molecule has 0 aliphatic heterocycles. The van der Waals surface area contributed by atoms with Crippen LogP contribution in [0.15, 0.2) is 24.3 Å². The SMILES string of the molecule is Cc1[nH]nc(-c2ccccc2F)c1NC(=O)C(C)(C)C. The summed E-state index contributed by atoms with van der Waals surface area (Å²) in [6.45, 7) is 7.25. The first-order valence-corrected chi connectivity index (χ1v) is 6.42. The van der Waals surface area contributed by atoms with Crippen molar-refractivity contribution < 1.29 is 9.18 Å². The summed E-state index contributed by atoms with van der Waals surface area (Å²) in [6.07, 6.45) is 0. The number of rotatable bonds is 2. The summed E-state index contributed by atoms with van der Waals surface area (Å²) in [5.74, 6) is -0.509. The van der Waals surface area contributed by atoms with Crippen LogP contribution in [0.2, 0.25) is 0 Å². The fourth-order valence-electron chi connectivity index (χ4n) is 1.73. The minimum atomic E-state index is -0.532. The van der Waals surface area contributed by atoms with Crippen LogP contribution in [0.1, 0.15) is 26.5 Å². The second-order valence-corrected chi connectivity index (χ2v) is 5.76. The second-order valence-electron chi connectivity index (χ2n) is 5.76. The van der Waals surface area contributed by atoms with E-state index in [4.69, 9.17) is 0 Å². The number of aromatic nitrogens is 2. The van der Waals surface area contributed by atoms with Gasteiger partial charge in [-0.2, -0.15) is 5.10 Å². The van der Waals surface area contributed by atoms with Gasteiger partial charge < -0.3 is 5.32 Å². The molecule has 0 saturated heterocycles. The molecule has 1 amide bonds. The molecule has 0 spiro atoms. The Kier molecular flexibility index (Phi) is 3.61. The molecule has 20 heavy (non-hydrogen) atoms. The molecule has 2 aromatic rings. The Hall–Kier alpha value is -2.17. The third kappa shape index (κ3) is 2.71. The van der Waals surface area contributed by atoms with Crippen LogP contribution in [-0.2, 0) is 4.79 Å². The Morgan fingerprint density at radius 3 is 2.55 bits per heavy atom. The van der Waals surface area contributed by atoms with Gasteiger partial charge in [-0.15, -0.1) is 0 Å². The molecule has 0 atom stereocenters. The van der Waals surface area contributed by atoms with Crippen molar-refractivity contribution in [1.29, 1.82) is 0 Å². The molecule has 0 fully saturated rings. The minimum absolute atomic E-state index is 0.139. The van der Waals surface area contributed by atoms with E-state index in [0.717, 1.165) is 0 Å². The number of nitrogens with one attached hydrogen (secondary N) is 2. The monoisotopic (exact) mass is 275 g/mol. The third-order valence-corrected chi connectivity index (χ3v) is 3.00. The Morgan fingerprint density at radius 2 is 1.95 bits per heavy atom. The average molecular weight is 275 g/mol. The van der Waals surface area contributed by atoms with Crippen molar-refractivity contribution in [1.82, 2.24) is 10.2 Å². The van der Waals surface area contributed by atoms with Crippen LogP contribution in [0, 0.1) is 18.2 Å². The number of halogens is 1. The number of hydrogen-bond donors (Lipinski definition) is 2. The molecule has 1 aromatic carbocycles. The maximum absolute atomic E-state index is 13.9. The summed E-state index contributed by atoms with van der Waals surface area (Å²) in [6, 6.07) is 6.36. The number of aryl methyl sites for hydroxylation is 1.